The fourth-order valence-electron chi connectivity index (χ4n) is 4.58. The summed E-state index contributed by atoms with van der Waals surface area (Å²) in [6.45, 7) is 8.21. The SMILES string of the molecule is CC1CN(Cc2cccc(-c3cccc(CNC(=O)c4ccc5c(c4)OCO5)c3)c2)C(C)CN1.O=C(O)C(F)(F)F. The van der Waals surface area contributed by atoms with Crippen molar-refractivity contribution in [3.63, 3.8) is 0 Å². The van der Waals surface area contributed by atoms with Crippen LogP contribution in [0.15, 0.2) is 66.7 Å². The zero-order chi connectivity index (χ0) is 29.6. The quantitative estimate of drug-likeness (QED) is 0.390. The molecule has 218 valence electrons. The third kappa shape index (κ3) is 8.21. The molecular formula is C30H32F3N3O5. The van der Waals surface area contributed by atoms with Crippen molar-refractivity contribution in [2.75, 3.05) is 19.9 Å². The van der Waals surface area contributed by atoms with E-state index >= 15 is 0 Å². The van der Waals surface area contributed by atoms with Crippen LogP contribution in [0.2, 0.25) is 0 Å². The highest BCUT2D eigenvalue weighted by atomic mass is 19.4. The molecule has 2 atom stereocenters. The van der Waals surface area contributed by atoms with Gasteiger partial charge < -0.3 is 25.2 Å². The molecule has 0 saturated carbocycles. The van der Waals surface area contributed by atoms with Crippen molar-refractivity contribution < 1.29 is 37.3 Å². The summed E-state index contributed by atoms with van der Waals surface area (Å²) < 4.78 is 42.4. The highest BCUT2D eigenvalue weighted by Gasteiger charge is 2.38. The van der Waals surface area contributed by atoms with E-state index in [1.54, 1.807) is 18.2 Å². The summed E-state index contributed by atoms with van der Waals surface area (Å²) >= 11 is 0. The van der Waals surface area contributed by atoms with Crippen LogP contribution in [0.1, 0.15) is 35.3 Å². The van der Waals surface area contributed by atoms with Crippen LogP contribution in [0, 0.1) is 0 Å². The number of carboxylic acid groups (broad SMARTS) is 1. The number of aliphatic carboxylic acids is 1. The first-order chi connectivity index (χ1) is 19.5. The largest absolute Gasteiger partial charge is 0.490 e. The maximum Gasteiger partial charge on any atom is 0.490 e. The Morgan fingerprint density at radius 3 is 2.29 bits per heavy atom. The molecule has 3 aromatic carbocycles. The van der Waals surface area contributed by atoms with Crippen molar-refractivity contribution in [1.82, 2.24) is 15.5 Å². The van der Waals surface area contributed by atoms with Gasteiger partial charge in [-0.3, -0.25) is 9.69 Å². The number of piperazine rings is 1. The number of hydrogen-bond acceptors (Lipinski definition) is 6. The molecule has 2 aliphatic heterocycles. The monoisotopic (exact) mass is 571 g/mol. The minimum Gasteiger partial charge on any atom is -0.475 e. The fourth-order valence-corrected chi connectivity index (χ4v) is 4.58. The number of benzene rings is 3. The molecule has 1 fully saturated rings. The summed E-state index contributed by atoms with van der Waals surface area (Å²) in [5, 5.41) is 13.7. The molecule has 0 aromatic heterocycles. The molecule has 41 heavy (non-hydrogen) atoms. The molecule has 2 heterocycles. The highest BCUT2D eigenvalue weighted by molar-refractivity contribution is 5.94. The van der Waals surface area contributed by atoms with Gasteiger partial charge in [0.25, 0.3) is 5.91 Å². The zero-order valence-corrected chi connectivity index (χ0v) is 22.7. The highest BCUT2D eigenvalue weighted by Crippen LogP contribution is 2.32. The van der Waals surface area contributed by atoms with E-state index in [1.165, 1.54) is 11.1 Å². The number of carbonyl (C=O) groups excluding carboxylic acids is 1. The van der Waals surface area contributed by atoms with Gasteiger partial charge in [-0.25, -0.2) is 4.79 Å². The topological polar surface area (TPSA) is 100 Å². The first kappa shape index (κ1) is 29.9. The van der Waals surface area contributed by atoms with E-state index in [4.69, 9.17) is 19.4 Å². The number of nitrogens with zero attached hydrogens (tertiary/aromatic N) is 1. The van der Waals surface area contributed by atoms with Crippen LogP contribution >= 0.6 is 0 Å². The van der Waals surface area contributed by atoms with Crippen LogP contribution in [0.3, 0.4) is 0 Å². The Kier molecular flexibility index (Phi) is 9.51. The number of amides is 1. The molecule has 0 aliphatic carbocycles. The van der Waals surface area contributed by atoms with Gasteiger partial charge in [0.05, 0.1) is 0 Å². The molecule has 2 aliphatic rings. The van der Waals surface area contributed by atoms with Gasteiger partial charge >= 0.3 is 12.1 Å². The van der Waals surface area contributed by atoms with E-state index < -0.39 is 12.1 Å². The molecule has 3 aromatic rings. The molecule has 1 amide bonds. The summed E-state index contributed by atoms with van der Waals surface area (Å²) in [6, 6.07) is 23.4. The molecule has 0 bridgehead atoms. The predicted molar refractivity (Wildman–Crippen MR) is 147 cm³/mol. The predicted octanol–water partition coefficient (Wildman–Crippen LogP) is 4.83. The van der Waals surface area contributed by atoms with Gasteiger partial charge in [0.15, 0.2) is 11.5 Å². The van der Waals surface area contributed by atoms with Crippen molar-refractivity contribution in [2.45, 2.75) is 45.2 Å². The van der Waals surface area contributed by atoms with Gasteiger partial charge in [0.1, 0.15) is 0 Å². The number of fused-ring (bicyclic) bond motifs is 1. The first-order valence-corrected chi connectivity index (χ1v) is 13.1. The van der Waals surface area contributed by atoms with Crippen LogP contribution in [-0.4, -0.2) is 60.0 Å². The molecule has 1 saturated heterocycles. The van der Waals surface area contributed by atoms with Crippen LogP contribution < -0.4 is 20.1 Å². The van der Waals surface area contributed by atoms with E-state index in [0.717, 1.165) is 30.8 Å². The smallest absolute Gasteiger partial charge is 0.475 e. The Morgan fingerprint density at radius 1 is 0.976 bits per heavy atom. The fraction of sp³-hybridized carbons (Fsp3) is 0.333. The lowest BCUT2D eigenvalue weighted by Crippen LogP contribution is -2.53. The van der Waals surface area contributed by atoms with E-state index in [9.17, 15) is 18.0 Å². The van der Waals surface area contributed by atoms with E-state index in [2.05, 4.69) is 65.8 Å². The maximum absolute atomic E-state index is 12.6. The minimum absolute atomic E-state index is 0.134. The number of carbonyl (C=O) groups is 2. The summed E-state index contributed by atoms with van der Waals surface area (Å²) in [6.07, 6.45) is -5.08. The lowest BCUT2D eigenvalue weighted by molar-refractivity contribution is -0.192. The van der Waals surface area contributed by atoms with Gasteiger partial charge in [-0.1, -0.05) is 36.4 Å². The average Bonchev–Trinajstić information content (AvgIpc) is 3.42. The number of alkyl halides is 3. The Hall–Kier alpha value is -4.09. The normalized spacial score (nSPS) is 18.3. The number of nitrogens with one attached hydrogen (secondary N) is 2. The second-order valence-electron chi connectivity index (χ2n) is 10.0. The summed E-state index contributed by atoms with van der Waals surface area (Å²) in [4.78, 5) is 24.1. The van der Waals surface area contributed by atoms with Gasteiger partial charge in [-0.2, -0.15) is 13.2 Å². The Labute approximate surface area is 236 Å². The van der Waals surface area contributed by atoms with E-state index in [1.807, 2.05) is 12.1 Å². The van der Waals surface area contributed by atoms with Crippen molar-refractivity contribution in [3.8, 4) is 22.6 Å². The molecule has 11 heteroatoms. The third-order valence-corrected chi connectivity index (χ3v) is 6.80. The van der Waals surface area contributed by atoms with E-state index in [-0.39, 0.29) is 12.7 Å². The van der Waals surface area contributed by atoms with Crippen molar-refractivity contribution in [2.24, 2.45) is 0 Å². The molecular weight excluding hydrogens is 539 g/mol. The number of rotatable bonds is 6. The van der Waals surface area contributed by atoms with Gasteiger partial charge in [0, 0.05) is 43.8 Å². The average molecular weight is 572 g/mol. The van der Waals surface area contributed by atoms with Gasteiger partial charge in [-0.05, 0) is 66.4 Å². The maximum atomic E-state index is 12.6. The van der Waals surface area contributed by atoms with E-state index in [0.29, 0.717) is 35.7 Å². The van der Waals surface area contributed by atoms with Gasteiger partial charge in [0.2, 0.25) is 6.79 Å². The molecule has 3 N–H and O–H groups in total. The number of carboxylic acids is 1. The molecule has 8 nitrogen and oxygen atoms in total. The number of hydrogen-bond donors (Lipinski definition) is 3. The first-order valence-electron chi connectivity index (χ1n) is 13.1. The third-order valence-electron chi connectivity index (χ3n) is 6.80. The van der Waals surface area contributed by atoms with Crippen LogP contribution in [-0.2, 0) is 17.9 Å². The summed E-state index contributed by atoms with van der Waals surface area (Å²) in [5.74, 6) is -1.61. The van der Waals surface area contributed by atoms with Crippen molar-refractivity contribution >= 4 is 11.9 Å². The van der Waals surface area contributed by atoms with Crippen molar-refractivity contribution in [3.05, 3.63) is 83.4 Å². The Morgan fingerprint density at radius 2 is 1.61 bits per heavy atom. The lowest BCUT2D eigenvalue weighted by Gasteiger charge is -2.37. The molecule has 2 unspecified atom stereocenters. The van der Waals surface area contributed by atoms with Crippen molar-refractivity contribution in [1.29, 1.82) is 0 Å². The minimum atomic E-state index is -5.08. The Balaban J connectivity index is 0.000000493. The second-order valence-corrected chi connectivity index (χ2v) is 10.0. The second kappa shape index (κ2) is 13.0. The molecule has 5 rings (SSSR count). The summed E-state index contributed by atoms with van der Waals surface area (Å²) in [5.41, 5.74) is 5.28. The Bertz CT molecular complexity index is 1380. The molecule has 0 spiro atoms. The van der Waals surface area contributed by atoms with Crippen LogP contribution in [0.5, 0.6) is 11.5 Å². The standard InChI is InChI=1S/C28H31N3O3.C2HF3O2/c1-19-16-31(20(2)14-29-19)17-22-6-4-8-24(12-22)23-7-3-5-21(11-23)15-30-28(32)25-9-10-26-27(13-25)34-18-33-26;3-2(4,5)1(6)7/h3-13,19-20,29H,14-18H2,1-2H3,(H,30,32);(H,6,7). The van der Waals surface area contributed by atoms with Gasteiger partial charge in [-0.15, -0.1) is 0 Å². The number of halogens is 3. The molecule has 0 radical (unpaired) electrons. The zero-order valence-electron chi connectivity index (χ0n) is 22.7. The van der Waals surface area contributed by atoms with Crippen LogP contribution in [0.25, 0.3) is 11.1 Å². The number of ether oxygens (including phenoxy) is 2. The van der Waals surface area contributed by atoms with Crippen LogP contribution in [0.4, 0.5) is 13.2 Å². The lowest BCUT2D eigenvalue weighted by atomic mass is 10.00. The summed E-state index contributed by atoms with van der Waals surface area (Å²) in [7, 11) is 0.